The Bertz CT molecular complexity index is 800. The molecule has 1 unspecified atom stereocenters. The Labute approximate surface area is 151 Å². The molecular formula is C20H20O4S. The van der Waals surface area contributed by atoms with Crippen LogP contribution in [0, 0.1) is 0 Å². The van der Waals surface area contributed by atoms with Gasteiger partial charge in [-0.1, -0.05) is 30.3 Å². The highest BCUT2D eigenvalue weighted by Gasteiger charge is 2.29. The van der Waals surface area contributed by atoms with Crippen molar-refractivity contribution >= 4 is 23.3 Å². The van der Waals surface area contributed by atoms with Crippen molar-refractivity contribution in [3.63, 3.8) is 0 Å². The highest BCUT2D eigenvalue weighted by atomic mass is 32.2. The van der Waals surface area contributed by atoms with Crippen LogP contribution in [0.3, 0.4) is 0 Å². The van der Waals surface area contributed by atoms with Gasteiger partial charge in [0.25, 0.3) is 0 Å². The first kappa shape index (κ1) is 17.9. The molecule has 130 valence electrons. The summed E-state index contributed by atoms with van der Waals surface area (Å²) in [5.74, 6) is 1.40. The lowest BCUT2D eigenvalue weighted by Gasteiger charge is -2.18. The maximum absolute atomic E-state index is 12.7. The Hall–Kier alpha value is -1.95. The number of benzene rings is 2. The van der Waals surface area contributed by atoms with Crippen LogP contribution in [0.1, 0.15) is 37.4 Å². The molecule has 0 fully saturated rings. The van der Waals surface area contributed by atoms with E-state index in [9.17, 15) is 9.59 Å². The van der Waals surface area contributed by atoms with Gasteiger partial charge in [0.1, 0.15) is 0 Å². The molecule has 25 heavy (non-hydrogen) atoms. The number of thioether (sulfide) groups is 1. The summed E-state index contributed by atoms with van der Waals surface area (Å²) in [6.45, 7) is 0.553. The predicted octanol–water partition coefficient (Wildman–Crippen LogP) is 3.36. The lowest BCUT2D eigenvalue weighted by atomic mass is 9.83. The van der Waals surface area contributed by atoms with Crippen molar-refractivity contribution in [3.8, 4) is 0 Å². The van der Waals surface area contributed by atoms with E-state index in [0.717, 1.165) is 17.1 Å². The molecule has 0 saturated carbocycles. The second-order valence-corrected chi connectivity index (χ2v) is 6.94. The number of rotatable bonds is 7. The third kappa shape index (κ3) is 3.68. The monoisotopic (exact) mass is 356 g/mol. The maximum Gasteiger partial charge on any atom is 0.194 e. The van der Waals surface area contributed by atoms with Gasteiger partial charge in [-0.2, -0.15) is 11.8 Å². The number of ketones is 2. The molecule has 0 heterocycles. The van der Waals surface area contributed by atoms with Gasteiger partial charge in [0.2, 0.25) is 0 Å². The molecule has 0 aromatic heterocycles. The van der Waals surface area contributed by atoms with Crippen LogP contribution in [-0.2, 0) is 15.2 Å². The Morgan fingerprint density at radius 3 is 2.20 bits per heavy atom. The van der Waals surface area contributed by atoms with Crippen molar-refractivity contribution in [2.75, 3.05) is 26.6 Å². The summed E-state index contributed by atoms with van der Waals surface area (Å²) in [6.07, 6.45) is 0.0442. The number of hydrogen-bond donors (Lipinski definition) is 0. The first-order valence-electron chi connectivity index (χ1n) is 8.06. The van der Waals surface area contributed by atoms with E-state index in [1.54, 1.807) is 56.3 Å². The standard InChI is InChI=1S/C20H20O4S/c1-23-10-14(24-2)12-25-11-13-7-8-17-18(9-13)20(22)16-6-4-3-5-15(16)19(17)21/h3-9,14H,10-12H2,1-2H3. The number of methoxy groups -OCH3 is 2. The quantitative estimate of drug-likeness (QED) is 0.650. The molecule has 0 saturated heterocycles. The molecule has 4 nitrogen and oxygen atoms in total. The predicted molar refractivity (Wildman–Crippen MR) is 98.6 cm³/mol. The molecule has 0 N–H and O–H groups in total. The molecule has 2 aromatic carbocycles. The average Bonchev–Trinajstić information content (AvgIpc) is 2.65. The first-order valence-corrected chi connectivity index (χ1v) is 9.22. The van der Waals surface area contributed by atoms with Crippen LogP contribution in [0.4, 0.5) is 0 Å². The van der Waals surface area contributed by atoms with Crippen molar-refractivity contribution in [2.24, 2.45) is 0 Å². The van der Waals surface area contributed by atoms with Crippen molar-refractivity contribution in [3.05, 3.63) is 70.3 Å². The van der Waals surface area contributed by atoms with E-state index in [1.165, 1.54) is 0 Å². The van der Waals surface area contributed by atoms with Gasteiger partial charge >= 0.3 is 0 Å². The van der Waals surface area contributed by atoms with Gasteiger partial charge in [-0.15, -0.1) is 0 Å². The summed E-state index contributed by atoms with van der Waals surface area (Å²) < 4.78 is 10.5. The van der Waals surface area contributed by atoms with Gasteiger partial charge in [0, 0.05) is 48.0 Å². The van der Waals surface area contributed by atoms with Gasteiger partial charge in [0.05, 0.1) is 12.7 Å². The molecule has 0 amide bonds. The van der Waals surface area contributed by atoms with Gasteiger partial charge in [0.15, 0.2) is 11.6 Å². The summed E-state index contributed by atoms with van der Waals surface area (Å²) in [5, 5.41) is 0. The van der Waals surface area contributed by atoms with E-state index >= 15 is 0 Å². The van der Waals surface area contributed by atoms with E-state index in [0.29, 0.717) is 28.9 Å². The third-order valence-corrected chi connectivity index (χ3v) is 5.39. The lowest BCUT2D eigenvalue weighted by molar-refractivity contribution is 0.0430. The zero-order chi connectivity index (χ0) is 17.8. The third-order valence-electron chi connectivity index (χ3n) is 4.25. The molecule has 1 atom stereocenters. The molecule has 5 heteroatoms. The van der Waals surface area contributed by atoms with Gasteiger partial charge in [-0.25, -0.2) is 0 Å². The summed E-state index contributed by atoms with van der Waals surface area (Å²) in [5.41, 5.74) is 3.00. The Kier molecular flexibility index (Phi) is 5.68. The average molecular weight is 356 g/mol. The molecule has 1 aliphatic carbocycles. The Morgan fingerprint density at radius 2 is 1.56 bits per heavy atom. The van der Waals surface area contributed by atoms with E-state index in [4.69, 9.17) is 9.47 Å². The Morgan fingerprint density at radius 1 is 0.920 bits per heavy atom. The number of carbonyl (C=O) groups is 2. The van der Waals surface area contributed by atoms with E-state index in [1.807, 2.05) is 12.1 Å². The summed E-state index contributed by atoms with van der Waals surface area (Å²) in [4.78, 5) is 25.3. The summed E-state index contributed by atoms with van der Waals surface area (Å²) >= 11 is 1.72. The maximum atomic E-state index is 12.7. The molecule has 1 aliphatic rings. The molecule has 0 aliphatic heterocycles. The van der Waals surface area contributed by atoms with Crippen molar-refractivity contribution in [2.45, 2.75) is 11.9 Å². The SMILES string of the molecule is COCC(CSCc1ccc2c(c1)C(=O)c1ccccc1C2=O)OC. The zero-order valence-electron chi connectivity index (χ0n) is 14.3. The number of ether oxygens (including phenoxy) is 2. The van der Waals surface area contributed by atoms with Crippen molar-refractivity contribution in [1.82, 2.24) is 0 Å². The van der Waals surface area contributed by atoms with Gasteiger partial charge in [-0.3, -0.25) is 9.59 Å². The summed E-state index contributed by atoms with van der Waals surface area (Å²) in [6, 6.07) is 12.5. The number of hydrogen-bond acceptors (Lipinski definition) is 5. The molecular weight excluding hydrogens is 336 g/mol. The van der Waals surface area contributed by atoms with Crippen LogP contribution in [-0.4, -0.2) is 44.2 Å². The van der Waals surface area contributed by atoms with Crippen LogP contribution >= 0.6 is 11.8 Å². The van der Waals surface area contributed by atoms with Gasteiger partial charge in [-0.05, 0) is 17.7 Å². The summed E-state index contributed by atoms with van der Waals surface area (Å²) in [7, 11) is 3.32. The van der Waals surface area contributed by atoms with Crippen LogP contribution in [0.25, 0.3) is 0 Å². The van der Waals surface area contributed by atoms with Crippen LogP contribution in [0.2, 0.25) is 0 Å². The minimum absolute atomic E-state index is 0.0442. The zero-order valence-corrected chi connectivity index (χ0v) is 15.1. The fourth-order valence-electron chi connectivity index (χ4n) is 2.91. The molecule has 3 rings (SSSR count). The van der Waals surface area contributed by atoms with Crippen molar-refractivity contribution in [1.29, 1.82) is 0 Å². The highest BCUT2D eigenvalue weighted by Crippen LogP contribution is 2.28. The molecule has 2 aromatic rings. The largest absolute Gasteiger partial charge is 0.382 e. The number of carbonyl (C=O) groups excluding carboxylic acids is 2. The minimum atomic E-state index is -0.0797. The van der Waals surface area contributed by atoms with E-state index in [-0.39, 0.29) is 17.7 Å². The minimum Gasteiger partial charge on any atom is -0.382 e. The van der Waals surface area contributed by atoms with Gasteiger partial charge < -0.3 is 9.47 Å². The van der Waals surface area contributed by atoms with Crippen LogP contribution in [0.5, 0.6) is 0 Å². The second-order valence-electron chi connectivity index (χ2n) is 5.91. The first-order chi connectivity index (χ1) is 12.2. The molecule has 0 radical (unpaired) electrons. The van der Waals surface area contributed by atoms with Crippen LogP contribution < -0.4 is 0 Å². The van der Waals surface area contributed by atoms with Crippen LogP contribution in [0.15, 0.2) is 42.5 Å². The fourth-order valence-corrected chi connectivity index (χ4v) is 3.94. The normalized spacial score (nSPS) is 14.2. The highest BCUT2D eigenvalue weighted by molar-refractivity contribution is 7.98. The molecule has 0 spiro atoms. The lowest BCUT2D eigenvalue weighted by Crippen LogP contribution is -2.21. The second kappa shape index (κ2) is 7.95. The van der Waals surface area contributed by atoms with E-state index in [2.05, 4.69) is 0 Å². The molecule has 0 bridgehead atoms. The topological polar surface area (TPSA) is 52.6 Å². The fraction of sp³-hybridized carbons (Fsp3) is 0.300. The smallest absolute Gasteiger partial charge is 0.194 e. The van der Waals surface area contributed by atoms with Crippen molar-refractivity contribution < 1.29 is 19.1 Å². The Balaban J connectivity index is 1.76. The van der Waals surface area contributed by atoms with E-state index < -0.39 is 0 Å². The number of fused-ring (bicyclic) bond motifs is 2.